The van der Waals surface area contributed by atoms with E-state index >= 15 is 0 Å². The topological polar surface area (TPSA) is 52.3 Å². The van der Waals surface area contributed by atoms with Crippen molar-refractivity contribution in [2.24, 2.45) is 5.73 Å². The molecule has 1 amide bonds. The van der Waals surface area contributed by atoms with Crippen LogP contribution in [0.1, 0.15) is 24.2 Å². The lowest BCUT2D eigenvalue weighted by Crippen LogP contribution is -2.15. The highest BCUT2D eigenvalue weighted by atomic mass is 79.9. The van der Waals surface area contributed by atoms with Gasteiger partial charge in [-0.2, -0.15) is 0 Å². The number of primary amides is 1. The molecule has 0 atom stereocenters. The third-order valence-corrected chi connectivity index (χ3v) is 2.06. The molecule has 0 aliphatic heterocycles. The van der Waals surface area contributed by atoms with E-state index in [1.54, 1.807) is 12.1 Å². The van der Waals surface area contributed by atoms with Crippen molar-refractivity contribution in [1.82, 2.24) is 0 Å². The van der Waals surface area contributed by atoms with Gasteiger partial charge in [0.25, 0.3) is 5.91 Å². The number of halogens is 1. The highest BCUT2D eigenvalue weighted by molar-refractivity contribution is 9.10. The van der Waals surface area contributed by atoms with E-state index in [1.807, 2.05) is 19.9 Å². The van der Waals surface area contributed by atoms with Crippen LogP contribution in [-0.4, -0.2) is 12.0 Å². The predicted molar refractivity (Wildman–Crippen MR) is 58.4 cm³/mol. The fraction of sp³-hybridized carbons (Fsp3) is 0.300. The summed E-state index contributed by atoms with van der Waals surface area (Å²) in [7, 11) is 0. The molecule has 2 N–H and O–H groups in total. The van der Waals surface area contributed by atoms with Crippen molar-refractivity contribution in [2.45, 2.75) is 20.0 Å². The number of hydrogen-bond donors (Lipinski definition) is 1. The highest BCUT2D eigenvalue weighted by Crippen LogP contribution is 2.23. The first kappa shape index (κ1) is 11.0. The zero-order valence-electron chi connectivity index (χ0n) is 8.08. The molecule has 3 nitrogen and oxygen atoms in total. The quantitative estimate of drug-likeness (QED) is 0.904. The van der Waals surface area contributed by atoms with Crippen LogP contribution in [0.15, 0.2) is 22.7 Å². The van der Waals surface area contributed by atoms with Crippen LogP contribution in [0.25, 0.3) is 0 Å². The van der Waals surface area contributed by atoms with Crippen molar-refractivity contribution in [3.05, 3.63) is 28.2 Å². The lowest BCUT2D eigenvalue weighted by molar-refractivity contribution is 0.0994. The second-order valence-electron chi connectivity index (χ2n) is 3.17. The Labute approximate surface area is 91.4 Å². The van der Waals surface area contributed by atoms with E-state index in [4.69, 9.17) is 10.5 Å². The molecule has 0 radical (unpaired) electrons. The van der Waals surface area contributed by atoms with E-state index in [-0.39, 0.29) is 6.10 Å². The minimum Gasteiger partial charge on any atom is -0.490 e. The second-order valence-corrected chi connectivity index (χ2v) is 4.09. The van der Waals surface area contributed by atoms with Gasteiger partial charge in [0.05, 0.1) is 11.7 Å². The maximum absolute atomic E-state index is 11.1. The smallest absolute Gasteiger partial charge is 0.252 e. The first-order chi connectivity index (χ1) is 6.50. The van der Waals surface area contributed by atoms with Gasteiger partial charge in [-0.15, -0.1) is 0 Å². The summed E-state index contributed by atoms with van der Waals surface area (Å²) in [5.41, 5.74) is 5.62. The van der Waals surface area contributed by atoms with Crippen LogP contribution in [0.2, 0.25) is 0 Å². The first-order valence-electron chi connectivity index (χ1n) is 4.26. The SMILES string of the molecule is CC(C)Oc1ccc(Br)cc1C(N)=O. The Morgan fingerprint density at radius 3 is 2.64 bits per heavy atom. The van der Waals surface area contributed by atoms with Gasteiger partial charge in [-0.25, -0.2) is 0 Å². The van der Waals surface area contributed by atoms with E-state index < -0.39 is 5.91 Å². The highest BCUT2D eigenvalue weighted by Gasteiger charge is 2.10. The maximum Gasteiger partial charge on any atom is 0.252 e. The fourth-order valence-corrected chi connectivity index (χ4v) is 1.41. The van der Waals surface area contributed by atoms with E-state index in [2.05, 4.69) is 15.9 Å². The molecule has 76 valence electrons. The molecule has 0 unspecified atom stereocenters. The number of ether oxygens (including phenoxy) is 1. The molecule has 0 aromatic heterocycles. The third-order valence-electron chi connectivity index (χ3n) is 1.57. The van der Waals surface area contributed by atoms with Crippen molar-refractivity contribution in [1.29, 1.82) is 0 Å². The van der Waals surface area contributed by atoms with Gasteiger partial charge >= 0.3 is 0 Å². The van der Waals surface area contributed by atoms with Crippen molar-refractivity contribution in [2.75, 3.05) is 0 Å². The molecule has 0 aliphatic rings. The number of benzene rings is 1. The molecule has 0 fully saturated rings. The largest absolute Gasteiger partial charge is 0.490 e. The molecule has 0 heterocycles. The minimum absolute atomic E-state index is 0.0225. The molecule has 14 heavy (non-hydrogen) atoms. The van der Waals surface area contributed by atoms with Crippen LogP contribution >= 0.6 is 15.9 Å². The number of amides is 1. The van der Waals surface area contributed by atoms with Crippen molar-refractivity contribution >= 4 is 21.8 Å². The zero-order chi connectivity index (χ0) is 10.7. The Bertz CT molecular complexity index is 350. The van der Waals surface area contributed by atoms with Gasteiger partial charge in [-0.05, 0) is 32.0 Å². The van der Waals surface area contributed by atoms with Gasteiger partial charge in [0, 0.05) is 4.47 Å². The summed E-state index contributed by atoms with van der Waals surface area (Å²) in [6.45, 7) is 3.79. The number of carbonyl (C=O) groups excluding carboxylic acids is 1. The Kier molecular flexibility index (Phi) is 3.52. The van der Waals surface area contributed by atoms with Crippen molar-refractivity contribution in [3.8, 4) is 5.75 Å². The van der Waals surface area contributed by atoms with Gasteiger partial charge in [-0.3, -0.25) is 4.79 Å². The Morgan fingerprint density at radius 2 is 2.14 bits per heavy atom. The van der Waals surface area contributed by atoms with E-state index in [1.165, 1.54) is 0 Å². The third kappa shape index (κ3) is 2.73. The fourth-order valence-electron chi connectivity index (χ4n) is 1.05. The van der Waals surface area contributed by atoms with Crippen LogP contribution in [0.5, 0.6) is 5.75 Å². The van der Waals surface area contributed by atoms with Crippen LogP contribution in [-0.2, 0) is 0 Å². The summed E-state index contributed by atoms with van der Waals surface area (Å²) < 4.78 is 6.25. The zero-order valence-corrected chi connectivity index (χ0v) is 9.67. The standard InChI is InChI=1S/C10H12BrNO2/c1-6(2)14-9-4-3-7(11)5-8(9)10(12)13/h3-6H,1-2H3,(H2,12,13). The van der Waals surface area contributed by atoms with Gasteiger partial charge in [0.15, 0.2) is 0 Å². The van der Waals surface area contributed by atoms with Crippen molar-refractivity contribution < 1.29 is 9.53 Å². The Morgan fingerprint density at radius 1 is 1.50 bits per heavy atom. The van der Waals surface area contributed by atoms with Gasteiger partial charge < -0.3 is 10.5 Å². The number of nitrogens with two attached hydrogens (primary N) is 1. The van der Waals surface area contributed by atoms with E-state index in [0.29, 0.717) is 11.3 Å². The van der Waals surface area contributed by atoms with Gasteiger partial charge in [-0.1, -0.05) is 15.9 Å². The van der Waals surface area contributed by atoms with E-state index in [9.17, 15) is 4.79 Å². The van der Waals surface area contributed by atoms with Crippen LogP contribution in [0, 0.1) is 0 Å². The number of hydrogen-bond acceptors (Lipinski definition) is 2. The summed E-state index contributed by atoms with van der Waals surface area (Å²) in [6.07, 6.45) is 0.0225. The van der Waals surface area contributed by atoms with Gasteiger partial charge in [0.2, 0.25) is 0 Å². The summed E-state index contributed by atoms with van der Waals surface area (Å²) in [5, 5.41) is 0. The monoisotopic (exact) mass is 257 g/mol. The first-order valence-corrected chi connectivity index (χ1v) is 5.06. The normalized spacial score (nSPS) is 10.3. The predicted octanol–water partition coefficient (Wildman–Crippen LogP) is 2.34. The van der Waals surface area contributed by atoms with Crippen LogP contribution in [0.3, 0.4) is 0 Å². The molecule has 0 aliphatic carbocycles. The molecule has 1 aromatic rings. The summed E-state index contributed by atoms with van der Waals surface area (Å²) in [4.78, 5) is 11.1. The van der Waals surface area contributed by atoms with E-state index in [0.717, 1.165) is 4.47 Å². The summed E-state index contributed by atoms with van der Waals surface area (Å²) >= 11 is 3.27. The molecule has 1 aromatic carbocycles. The lowest BCUT2D eigenvalue weighted by atomic mass is 10.2. The molecule has 1 rings (SSSR count). The average molecular weight is 258 g/mol. The molecular formula is C10H12BrNO2. The molecule has 0 saturated carbocycles. The van der Waals surface area contributed by atoms with Crippen LogP contribution in [0.4, 0.5) is 0 Å². The second kappa shape index (κ2) is 4.46. The maximum atomic E-state index is 11.1. The molecular weight excluding hydrogens is 246 g/mol. The Hall–Kier alpha value is -1.03. The van der Waals surface area contributed by atoms with Gasteiger partial charge in [0.1, 0.15) is 5.75 Å². The summed E-state index contributed by atoms with van der Waals surface area (Å²) in [6, 6.07) is 5.19. The molecule has 0 bridgehead atoms. The average Bonchev–Trinajstić information content (AvgIpc) is 2.07. The molecule has 0 saturated heterocycles. The van der Waals surface area contributed by atoms with Crippen molar-refractivity contribution in [3.63, 3.8) is 0 Å². The lowest BCUT2D eigenvalue weighted by Gasteiger charge is -2.12. The number of carbonyl (C=O) groups is 1. The molecule has 4 heteroatoms. The van der Waals surface area contributed by atoms with Crippen LogP contribution < -0.4 is 10.5 Å². The number of rotatable bonds is 3. The summed E-state index contributed by atoms with van der Waals surface area (Å²) in [5.74, 6) is 0.0395. The minimum atomic E-state index is -0.484. The Balaban J connectivity index is 3.08. The molecule has 0 spiro atoms.